The van der Waals surface area contributed by atoms with Gasteiger partial charge in [0.15, 0.2) is 0 Å². The van der Waals surface area contributed by atoms with Crippen molar-refractivity contribution in [2.75, 3.05) is 19.5 Å². The van der Waals surface area contributed by atoms with Gasteiger partial charge in [0, 0.05) is 12.6 Å². The fourth-order valence-corrected chi connectivity index (χ4v) is 5.00. The van der Waals surface area contributed by atoms with Gasteiger partial charge in [-0.2, -0.15) is 0 Å². The molecule has 220 valence electrons. The predicted molar refractivity (Wildman–Crippen MR) is 166 cm³/mol. The molecule has 0 aliphatic heterocycles. The van der Waals surface area contributed by atoms with Crippen molar-refractivity contribution in [1.29, 1.82) is 0 Å². The Morgan fingerprint density at radius 1 is 0.860 bits per heavy atom. The Bertz CT molecular complexity index is 1700. The summed E-state index contributed by atoms with van der Waals surface area (Å²) in [5, 5.41) is 11.4. The highest BCUT2D eigenvalue weighted by atomic mass is 16.5. The third-order valence-corrected chi connectivity index (χ3v) is 7.37. The number of amides is 2. The number of fused-ring (bicyclic) bond motifs is 1. The molecule has 0 saturated heterocycles. The van der Waals surface area contributed by atoms with Crippen molar-refractivity contribution in [2.24, 2.45) is 0 Å². The standard InChI is InChI=1S/C34H35N5O4/c1-23(2)25-14-16-26(17-15-25)33(34(41)35-29-19-18-27(42-3)20-31(29)43-4)38(21-24-10-6-5-7-11-24)32(40)22-39-30-13-9-8-12-28(30)36-37-39/h5-20,23,33H,21-22H2,1-4H3,(H,35,41). The Kier molecular flexibility index (Phi) is 9.00. The van der Waals surface area contributed by atoms with Gasteiger partial charge in [-0.25, -0.2) is 4.68 Å². The van der Waals surface area contributed by atoms with Gasteiger partial charge in [0.25, 0.3) is 5.91 Å². The minimum Gasteiger partial charge on any atom is -0.497 e. The predicted octanol–water partition coefficient (Wildman–Crippen LogP) is 5.98. The quantitative estimate of drug-likeness (QED) is 0.207. The number of rotatable bonds is 11. The molecular weight excluding hydrogens is 542 g/mol. The lowest BCUT2D eigenvalue weighted by Crippen LogP contribution is -2.42. The van der Waals surface area contributed by atoms with E-state index in [1.165, 1.54) is 7.11 Å². The van der Waals surface area contributed by atoms with Gasteiger partial charge < -0.3 is 19.7 Å². The van der Waals surface area contributed by atoms with E-state index in [9.17, 15) is 9.59 Å². The summed E-state index contributed by atoms with van der Waals surface area (Å²) in [5.74, 6) is 0.684. The third-order valence-electron chi connectivity index (χ3n) is 7.37. The van der Waals surface area contributed by atoms with Crippen molar-refractivity contribution in [3.63, 3.8) is 0 Å². The third kappa shape index (κ3) is 6.67. The molecule has 0 aliphatic carbocycles. The molecule has 5 aromatic rings. The molecule has 2 amide bonds. The molecule has 0 spiro atoms. The summed E-state index contributed by atoms with van der Waals surface area (Å²) in [4.78, 5) is 30.1. The zero-order valence-corrected chi connectivity index (χ0v) is 24.7. The van der Waals surface area contributed by atoms with E-state index >= 15 is 0 Å². The fraction of sp³-hybridized carbons (Fsp3) is 0.235. The molecule has 0 fully saturated rings. The first-order valence-corrected chi connectivity index (χ1v) is 14.1. The number of nitrogens with one attached hydrogen (secondary N) is 1. The summed E-state index contributed by atoms with van der Waals surface area (Å²) in [7, 11) is 3.09. The lowest BCUT2D eigenvalue weighted by Gasteiger charge is -2.32. The molecule has 1 N–H and O–H groups in total. The van der Waals surface area contributed by atoms with Crippen molar-refractivity contribution in [3.05, 3.63) is 114 Å². The molecule has 1 aromatic heterocycles. The number of aromatic nitrogens is 3. The van der Waals surface area contributed by atoms with Gasteiger partial charge in [-0.15, -0.1) is 5.10 Å². The van der Waals surface area contributed by atoms with E-state index in [-0.39, 0.29) is 24.9 Å². The maximum absolute atomic E-state index is 14.3. The molecule has 0 radical (unpaired) electrons. The van der Waals surface area contributed by atoms with Crippen molar-refractivity contribution < 1.29 is 19.1 Å². The van der Waals surface area contributed by atoms with Crippen LogP contribution in [0.2, 0.25) is 0 Å². The Labute approximate surface area is 251 Å². The Morgan fingerprint density at radius 3 is 2.26 bits per heavy atom. The lowest BCUT2D eigenvalue weighted by atomic mass is 9.97. The van der Waals surface area contributed by atoms with E-state index in [0.717, 1.165) is 16.6 Å². The summed E-state index contributed by atoms with van der Waals surface area (Å²) in [6, 6.07) is 29.1. The van der Waals surface area contributed by atoms with Crippen molar-refractivity contribution in [2.45, 2.75) is 38.9 Å². The van der Waals surface area contributed by atoms with Gasteiger partial charge in [0.1, 0.15) is 29.6 Å². The summed E-state index contributed by atoms with van der Waals surface area (Å²) in [5.41, 5.74) is 4.59. The zero-order valence-electron chi connectivity index (χ0n) is 24.7. The first-order valence-electron chi connectivity index (χ1n) is 14.1. The fourth-order valence-electron chi connectivity index (χ4n) is 5.00. The van der Waals surface area contributed by atoms with Crippen LogP contribution in [0.15, 0.2) is 97.1 Å². The van der Waals surface area contributed by atoms with Gasteiger partial charge in [-0.05, 0) is 46.9 Å². The Morgan fingerprint density at radius 2 is 1.56 bits per heavy atom. The highest BCUT2D eigenvalue weighted by Gasteiger charge is 2.33. The van der Waals surface area contributed by atoms with Crippen molar-refractivity contribution >= 4 is 28.5 Å². The Balaban J connectivity index is 1.57. The van der Waals surface area contributed by atoms with Crippen LogP contribution in [0, 0.1) is 0 Å². The number of nitrogens with zero attached hydrogens (tertiary/aromatic N) is 4. The zero-order chi connectivity index (χ0) is 30.3. The number of methoxy groups -OCH3 is 2. The average Bonchev–Trinajstić information content (AvgIpc) is 3.44. The van der Waals surface area contributed by atoms with Gasteiger partial charge in [-0.1, -0.05) is 85.8 Å². The second-order valence-corrected chi connectivity index (χ2v) is 10.5. The van der Waals surface area contributed by atoms with Crippen LogP contribution in [0.4, 0.5) is 5.69 Å². The van der Waals surface area contributed by atoms with Crippen LogP contribution in [0.5, 0.6) is 11.5 Å². The number of ether oxygens (including phenoxy) is 2. The van der Waals surface area contributed by atoms with Crippen LogP contribution >= 0.6 is 0 Å². The van der Waals surface area contributed by atoms with E-state index < -0.39 is 6.04 Å². The number of benzene rings is 4. The normalized spacial score (nSPS) is 11.7. The number of para-hydroxylation sites is 1. The van der Waals surface area contributed by atoms with E-state index in [2.05, 4.69) is 29.5 Å². The largest absolute Gasteiger partial charge is 0.497 e. The lowest BCUT2D eigenvalue weighted by molar-refractivity contribution is -0.140. The van der Waals surface area contributed by atoms with Gasteiger partial charge in [0.2, 0.25) is 5.91 Å². The van der Waals surface area contributed by atoms with Crippen LogP contribution < -0.4 is 14.8 Å². The van der Waals surface area contributed by atoms with E-state index in [1.54, 1.807) is 34.9 Å². The van der Waals surface area contributed by atoms with Gasteiger partial charge in [-0.3, -0.25) is 9.59 Å². The van der Waals surface area contributed by atoms with E-state index in [0.29, 0.717) is 34.2 Å². The van der Waals surface area contributed by atoms with E-state index in [4.69, 9.17) is 9.47 Å². The number of hydrogen-bond donors (Lipinski definition) is 1. The summed E-state index contributed by atoms with van der Waals surface area (Å²) in [6.45, 7) is 4.34. The molecule has 1 atom stereocenters. The number of carbonyl (C=O) groups excluding carboxylic acids is 2. The molecule has 9 nitrogen and oxygen atoms in total. The molecular formula is C34H35N5O4. The minimum atomic E-state index is -0.962. The van der Waals surface area contributed by atoms with Crippen molar-refractivity contribution in [1.82, 2.24) is 19.9 Å². The molecule has 0 bridgehead atoms. The Hall–Kier alpha value is -5.18. The van der Waals surface area contributed by atoms with E-state index in [1.807, 2.05) is 78.9 Å². The van der Waals surface area contributed by atoms with Crippen LogP contribution in [-0.4, -0.2) is 45.9 Å². The molecule has 0 saturated carbocycles. The minimum absolute atomic E-state index is 0.0902. The monoisotopic (exact) mass is 577 g/mol. The highest BCUT2D eigenvalue weighted by molar-refractivity contribution is 5.99. The molecule has 0 aliphatic rings. The molecule has 4 aromatic carbocycles. The van der Waals surface area contributed by atoms with Crippen LogP contribution in [0.1, 0.15) is 42.5 Å². The van der Waals surface area contributed by atoms with Crippen LogP contribution in [-0.2, 0) is 22.7 Å². The van der Waals surface area contributed by atoms with Gasteiger partial charge in [0.05, 0.1) is 25.4 Å². The maximum Gasteiger partial charge on any atom is 0.251 e. The molecule has 43 heavy (non-hydrogen) atoms. The second-order valence-electron chi connectivity index (χ2n) is 10.5. The van der Waals surface area contributed by atoms with Crippen LogP contribution in [0.25, 0.3) is 11.0 Å². The molecule has 1 unspecified atom stereocenters. The maximum atomic E-state index is 14.3. The number of anilines is 1. The highest BCUT2D eigenvalue weighted by Crippen LogP contribution is 2.32. The first kappa shape index (κ1) is 29.3. The van der Waals surface area contributed by atoms with Gasteiger partial charge >= 0.3 is 0 Å². The average molecular weight is 578 g/mol. The first-order chi connectivity index (χ1) is 20.9. The topological polar surface area (TPSA) is 98.6 Å². The molecule has 1 heterocycles. The summed E-state index contributed by atoms with van der Waals surface area (Å²) >= 11 is 0. The smallest absolute Gasteiger partial charge is 0.251 e. The summed E-state index contributed by atoms with van der Waals surface area (Å²) in [6.07, 6.45) is 0. The second kappa shape index (κ2) is 13.2. The van der Waals surface area contributed by atoms with Crippen molar-refractivity contribution in [3.8, 4) is 11.5 Å². The van der Waals surface area contributed by atoms with Crippen LogP contribution in [0.3, 0.4) is 0 Å². The SMILES string of the molecule is COc1ccc(NC(=O)C(c2ccc(C(C)C)cc2)N(Cc2ccccc2)C(=O)Cn2nnc3ccccc32)c(OC)c1. The molecule has 5 rings (SSSR count). The summed E-state index contributed by atoms with van der Waals surface area (Å²) < 4.78 is 12.4. The number of hydrogen-bond acceptors (Lipinski definition) is 6. The molecule has 9 heteroatoms. The number of carbonyl (C=O) groups is 2.